The molecule has 0 radical (unpaired) electrons. The molecule has 0 N–H and O–H groups in total. The molecule has 2 aliphatic heterocycles. The summed E-state index contributed by atoms with van der Waals surface area (Å²) in [5, 5.41) is 0. The SMILES string of the molecule is CC1CCc2ncnc(N3CCN(C(=O)C(CN4CCN(C(C)C)CC4)c4ccc(C(F)(F)F)c(F)c4)CC3)c21. The van der Waals surface area contributed by atoms with Crippen LogP contribution in [0.2, 0.25) is 0 Å². The summed E-state index contributed by atoms with van der Waals surface area (Å²) in [5.41, 5.74) is 1.26. The number of piperazine rings is 2. The summed E-state index contributed by atoms with van der Waals surface area (Å²) in [6, 6.07) is 3.34. The first-order valence-electron chi connectivity index (χ1n) is 14.2. The number of carbonyl (C=O) groups excluding carboxylic acids is 1. The molecule has 0 saturated carbocycles. The Hall–Kier alpha value is -2.79. The number of anilines is 1. The highest BCUT2D eigenvalue weighted by molar-refractivity contribution is 5.84. The largest absolute Gasteiger partial charge is 0.419 e. The van der Waals surface area contributed by atoms with Crippen LogP contribution in [0.3, 0.4) is 0 Å². The molecule has 11 heteroatoms. The number of fused-ring (bicyclic) bond motifs is 1. The van der Waals surface area contributed by atoms with Crippen LogP contribution in [-0.4, -0.2) is 95.5 Å². The molecule has 0 spiro atoms. The van der Waals surface area contributed by atoms with Crippen LogP contribution in [-0.2, 0) is 17.4 Å². The van der Waals surface area contributed by atoms with E-state index in [1.807, 2.05) is 0 Å². The van der Waals surface area contributed by atoms with Crippen molar-refractivity contribution in [1.29, 1.82) is 0 Å². The minimum Gasteiger partial charge on any atom is -0.353 e. The smallest absolute Gasteiger partial charge is 0.353 e. The van der Waals surface area contributed by atoms with Gasteiger partial charge in [-0.1, -0.05) is 13.0 Å². The maximum absolute atomic E-state index is 14.6. The summed E-state index contributed by atoms with van der Waals surface area (Å²) in [6.07, 6.45) is -1.18. The van der Waals surface area contributed by atoms with E-state index >= 15 is 0 Å². The van der Waals surface area contributed by atoms with Gasteiger partial charge in [-0.15, -0.1) is 0 Å². The molecule has 2 aromatic rings. The van der Waals surface area contributed by atoms with Gasteiger partial charge in [-0.2, -0.15) is 13.2 Å². The highest BCUT2D eigenvalue weighted by Gasteiger charge is 2.37. The summed E-state index contributed by atoms with van der Waals surface area (Å²) >= 11 is 0. The molecule has 1 amide bonds. The second-order valence-electron chi connectivity index (χ2n) is 11.5. The molecule has 2 unspecified atom stereocenters. The lowest BCUT2D eigenvalue weighted by atomic mass is 9.94. The average molecular weight is 563 g/mol. The lowest BCUT2D eigenvalue weighted by molar-refractivity contribution is -0.140. The van der Waals surface area contributed by atoms with Crippen molar-refractivity contribution in [1.82, 2.24) is 24.7 Å². The average Bonchev–Trinajstić information content (AvgIpc) is 3.32. The van der Waals surface area contributed by atoms with Crippen LogP contribution in [0.4, 0.5) is 23.4 Å². The van der Waals surface area contributed by atoms with E-state index in [2.05, 4.69) is 45.4 Å². The Balaban J connectivity index is 1.33. The van der Waals surface area contributed by atoms with Gasteiger partial charge in [0.1, 0.15) is 18.0 Å². The van der Waals surface area contributed by atoms with Crippen molar-refractivity contribution in [3.63, 3.8) is 0 Å². The Morgan fingerprint density at radius 1 is 1.02 bits per heavy atom. The van der Waals surface area contributed by atoms with Gasteiger partial charge in [0, 0.05) is 76.2 Å². The molecule has 40 heavy (non-hydrogen) atoms. The van der Waals surface area contributed by atoms with Crippen LogP contribution >= 0.6 is 0 Å². The molecule has 2 atom stereocenters. The van der Waals surface area contributed by atoms with Gasteiger partial charge in [-0.3, -0.25) is 14.6 Å². The summed E-state index contributed by atoms with van der Waals surface area (Å²) < 4.78 is 54.4. The quantitative estimate of drug-likeness (QED) is 0.494. The van der Waals surface area contributed by atoms with Crippen molar-refractivity contribution >= 4 is 11.7 Å². The fourth-order valence-electron chi connectivity index (χ4n) is 6.26. The second kappa shape index (κ2) is 11.6. The molecule has 2 fully saturated rings. The third-order valence-corrected chi connectivity index (χ3v) is 8.72. The Bertz CT molecular complexity index is 1210. The zero-order valence-electron chi connectivity index (χ0n) is 23.4. The van der Waals surface area contributed by atoms with Crippen molar-refractivity contribution in [3.05, 3.63) is 52.7 Å². The zero-order valence-corrected chi connectivity index (χ0v) is 23.4. The molecular formula is C29H38F4N6O. The summed E-state index contributed by atoms with van der Waals surface area (Å²) in [5.74, 6) is -0.944. The first-order valence-corrected chi connectivity index (χ1v) is 14.2. The molecule has 1 aromatic carbocycles. The van der Waals surface area contributed by atoms with E-state index in [9.17, 15) is 22.4 Å². The maximum Gasteiger partial charge on any atom is 0.419 e. The molecule has 3 aliphatic rings. The van der Waals surface area contributed by atoms with Crippen LogP contribution in [0, 0.1) is 5.82 Å². The Morgan fingerprint density at radius 2 is 1.73 bits per heavy atom. The van der Waals surface area contributed by atoms with Crippen molar-refractivity contribution in [2.24, 2.45) is 0 Å². The molecule has 1 aromatic heterocycles. The molecular weight excluding hydrogens is 524 g/mol. The van der Waals surface area contributed by atoms with Crippen LogP contribution in [0.1, 0.15) is 61.4 Å². The van der Waals surface area contributed by atoms with E-state index in [-0.39, 0.29) is 11.5 Å². The summed E-state index contributed by atoms with van der Waals surface area (Å²) in [4.78, 5) is 31.4. The zero-order chi connectivity index (χ0) is 28.6. The van der Waals surface area contributed by atoms with Gasteiger partial charge in [0.05, 0.1) is 11.5 Å². The molecule has 7 nitrogen and oxygen atoms in total. The minimum atomic E-state index is -4.79. The molecule has 0 bridgehead atoms. The van der Waals surface area contributed by atoms with Gasteiger partial charge in [0.25, 0.3) is 0 Å². The Morgan fingerprint density at radius 3 is 2.35 bits per heavy atom. The molecule has 218 valence electrons. The monoisotopic (exact) mass is 562 g/mol. The van der Waals surface area contributed by atoms with Crippen LogP contribution in [0.25, 0.3) is 0 Å². The molecule has 3 heterocycles. The van der Waals surface area contributed by atoms with Gasteiger partial charge >= 0.3 is 6.18 Å². The third kappa shape index (κ3) is 5.95. The normalized spacial score (nSPS) is 21.6. The predicted molar refractivity (Wildman–Crippen MR) is 145 cm³/mol. The van der Waals surface area contributed by atoms with E-state index < -0.39 is 23.5 Å². The van der Waals surface area contributed by atoms with Crippen molar-refractivity contribution in [2.45, 2.75) is 57.7 Å². The predicted octanol–water partition coefficient (Wildman–Crippen LogP) is 4.14. The summed E-state index contributed by atoms with van der Waals surface area (Å²) in [6.45, 7) is 12.1. The fourth-order valence-corrected chi connectivity index (χ4v) is 6.26. The van der Waals surface area contributed by atoms with E-state index in [4.69, 9.17) is 0 Å². The van der Waals surface area contributed by atoms with Crippen LogP contribution in [0.5, 0.6) is 0 Å². The van der Waals surface area contributed by atoms with E-state index in [0.29, 0.717) is 44.7 Å². The number of hydrogen-bond donors (Lipinski definition) is 0. The van der Waals surface area contributed by atoms with E-state index in [1.165, 1.54) is 11.6 Å². The standard InChI is InChI=1S/C29H38F4N6O/c1-19(2)37-10-8-36(9-11-37)17-22(21-5-6-23(24(30)16-21)29(31,32)33)28(40)39-14-12-38(13-15-39)27-26-20(3)4-7-25(26)34-18-35-27/h5-6,16,18-20,22H,4,7-15,17H2,1-3H3. The number of aromatic nitrogens is 2. The number of alkyl halides is 3. The van der Waals surface area contributed by atoms with Crippen LogP contribution in [0.15, 0.2) is 24.5 Å². The number of carbonyl (C=O) groups is 1. The van der Waals surface area contributed by atoms with Gasteiger partial charge < -0.3 is 9.80 Å². The Labute approximate surface area is 233 Å². The number of rotatable bonds is 6. The topological polar surface area (TPSA) is 55.8 Å². The third-order valence-electron chi connectivity index (χ3n) is 8.72. The van der Waals surface area contributed by atoms with Crippen molar-refractivity contribution < 1.29 is 22.4 Å². The molecule has 2 saturated heterocycles. The highest BCUT2D eigenvalue weighted by Crippen LogP contribution is 2.37. The van der Waals surface area contributed by atoms with E-state index in [1.54, 1.807) is 11.2 Å². The number of halogens is 4. The van der Waals surface area contributed by atoms with E-state index in [0.717, 1.165) is 62.7 Å². The number of benzene rings is 1. The number of aryl methyl sites for hydroxylation is 1. The lowest BCUT2D eigenvalue weighted by Crippen LogP contribution is -2.53. The first kappa shape index (κ1) is 28.7. The first-order chi connectivity index (χ1) is 19.0. The van der Waals surface area contributed by atoms with Crippen molar-refractivity contribution in [2.75, 3.05) is 63.8 Å². The lowest BCUT2D eigenvalue weighted by Gasteiger charge is -2.40. The van der Waals surface area contributed by atoms with Crippen molar-refractivity contribution in [3.8, 4) is 0 Å². The Kier molecular flexibility index (Phi) is 8.33. The van der Waals surface area contributed by atoms with Gasteiger partial charge in [0.15, 0.2) is 0 Å². The van der Waals surface area contributed by atoms with Gasteiger partial charge in [0.2, 0.25) is 5.91 Å². The van der Waals surface area contributed by atoms with Crippen LogP contribution < -0.4 is 4.90 Å². The number of hydrogen-bond acceptors (Lipinski definition) is 6. The fraction of sp³-hybridized carbons (Fsp3) is 0.621. The summed E-state index contributed by atoms with van der Waals surface area (Å²) in [7, 11) is 0. The van der Waals surface area contributed by atoms with Gasteiger partial charge in [-0.25, -0.2) is 14.4 Å². The van der Waals surface area contributed by atoms with Gasteiger partial charge in [-0.05, 0) is 50.3 Å². The minimum absolute atomic E-state index is 0.175. The highest BCUT2D eigenvalue weighted by atomic mass is 19.4. The molecule has 5 rings (SSSR count). The maximum atomic E-state index is 14.6. The second-order valence-corrected chi connectivity index (χ2v) is 11.5. The number of amides is 1. The molecule has 1 aliphatic carbocycles. The number of nitrogens with zero attached hydrogens (tertiary/aromatic N) is 6.